The van der Waals surface area contributed by atoms with Gasteiger partial charge in [0.05, 0.1) is 4.90 Å². The second kappa shape index (κ2) is 6.87. The number of hydrogen-bond acceptors (Lipinski definition) is 4. The van der Waals surface area contributed by atoms with Gasteiger partial charge in [0.15, 0.2) is 0 Å². The van der Waals surface area contributed by atoms with E-state index in [1.54, 1.807) is 19.2 Å². The van der Waals surface area contributed by atoms with E-state index >= 15 is 0 Å². The highest BCUT2D eigenvalue weighted by atomic mass is 32.2. The molecule has 1 aliphatic heterocycles. The summed E-state index contributed by atoms with van der Waals surface area (Å²) < 4.78 is 26.9. The zero-order valence-corrected chi connectivity index (χ0v) is 13.6. The predicted octanol–water partition coefficient (Wildman–Crippen LogP) is 0.903. The maximum atomic E-state index is 12.7. The molecule has 1 aliphatic rings. The quantitative estimate of drug-likeness (QED) is 0.877. The smallest absolute Gasteiger partial charge is 0.243 e. The van der Waals surface area contributed by atoms with E-state index in [2.05, 4.69) is 11.9 Å². The topological polar surface area (TPSA) is 66.6 Å². The van der Waals surface area contributed by atoms with Crippen molar-refractivity contribution in [2.45, 2.75) is 30.2 Å². The molecule has 1 fully saturated rings. The predicted molar refractivity (Wildman–Crippen MR) is 84.7 cm³/mol. The highest BCUT2D eigenvalue weighted by Gasteiger charge is 2.29. The fourth-order valence-corrected chi connectivity index (χ4v) is 4.13. The molecule has 0 saturated carbocycles. The van der Waals surface area contributed by atoms with Crippen LogP contribution in [0.3, 0.4) is 0 Å². The first-order valence-corrected chi connectivity index (χ1v) is 8.84. The highest BCUT2D eigenvalue weighted by Crippen LogP contribution is 2.22. The summed E-state index contributed by atoms with van der Waals surface area (Å²) in [6.07, 6.45) is 2.54. The molecule has 0 bridgehead atoms. The van der Waals surface area contributed by atoms with Gasteiger partial charge in [-0.3, -0.25) is 0 Å². The molecule has 1 aromatic rings. The van der Waals surface area contributed by atoms with E-state index in [-0.39, 0.29) is 6.04 Å². The number of benzene rings is 1. The number of likely N-dealkylation sites (tertiary alicyclic amines) is 1. The third-order valence-corrected chi connectivity index (χ3v) is 6.16. The summed E-state index contributed by atoms with van der Waals surface area (Å²) in [5.41, 5.74) is 6.58. The molecule has 0 atom stereocenters. The van der Waals surface area contributed by atoms with Crippen molar-refractivity contribution in [2.24, 2.45) is 5.73 Å². The van der Waals surface area contributed by atoms with Gasteiger partial charge in [-0.1, -0.05) is 12.1 Å². The molecule has 0 unspecified atom stereocenters. The molecule has 1 saturated heterocycles. The summed E-state index contributed by atoms with van der Waals surface area (Å²) in [6, 6.07) is 7.16. The molecule has 2 rings (SSSR count). The second-order valence-electron chi connectivity index (χ2n) is 5.74. The summed E-state index contributed by atoms with van der Waals surface area (Å²) in [5.74, 6) is 0. The lowest BCUT2D eigenvalue weighted by atomic mass is 10.1. The van der Waals surface area contributed by atoms with Crippen molar-refractivity contribution in [1.82, 2.24) is 9.21 Å². The van der Waals surface area contributed by atoms with Crippen molar-refractivity contribution in [2.75, 3.05) is 33.7 Å². The Balaban J connectivity index is 2.13. The minimum absolute atomic E-state index is 0.0925. The van der Waals surface area contributed by atoms with Crippen molar-refractivity contribution < 1.29 is 8.42 Å². The Morgan fingerprint density at radius 3 is 2.33 bits per heavy atom. The molecule has 2 N–H and O–H groups in total. The van der Waals surface area contributed by atoms with E-state index in [4.69, 9.17) is 5.73 Å². The maximum Gasteiger partial charge on any atom is 0.243 e. The monoisotopic (exact) mass is 311 g/mol. The lowest BCUT2D eigenvalue weighted by molar-refractivity contribution is 0.197. The first-order chi connectivity index (χ1) is 9.95. The van der Waals surface area contributed by atoms with Gasteiger partial charge in [0, 0.05) is 13.1 Å². The third-order valence-electron chi connectivity index (χ3n) is 4.24. The number of rotatable bonds is 5. The van der Waals surface area contributed by atoms with Gasteiger partial charge < -0.3 is 10.6 Å². The zero-order chi connectivity index (χ0) is 15.5. The molecule has 0 radical (unpaired) electrons. The van der Waals surface area contributed by atoms with Gasteiger partial charge in [-0.25, -0.2) is 8.42 Å². The Morgan fingerprint density at radius 1 is 1.24 bits per heavy atom. The summed E-state index contributed by atoms with van der Waals surface area (Å²) in [6.45, 7) is 2.46. The zero-order valence-electron chi connectivity index (χ0n) is 12.8. The van der Waals surface area contributed by atoms with E-state index in [0.29, 0.717) is 11.4 Å². The van der Waals surface area contributed by atoms with Crippen LogP contribution in [-0.4, -0.2) is 57.4 Å². The van der Waals surface area contributed by atoms with E-state index in [1.807, 2.05) is 12.1 Å². The van der Waals surface area contributed by atoms with Crippen molar-refractivity contribution in [1.29, 1.82) is 0 Å². The van der Waals surface area contributed by atoms with E-state index in [0.717, 1.165) is 37.9 Å². The summed E-state index contributed by atoms with van der Waals surface area (Å²) >= 11 is 0. The van der Waals surface area contributed by atoms with Crippen LogP contribution in [0.25, 0.3) is 0 Å². The molecule has 6 heteroatoms. The fourth-order valence-electron chi connectivity index (χ4n) is 2.72. The molecule has 118 valence electrons. The molecule has 21 heavy (non-hydrogen) atoms. The van der Waals surface area contributed by atoms with Crippen LogP contribution in [0.5, 0.6) is 0 Å². The fraction of sp³-hybridized carbons (Fsp3) is 0.600. The average molecular weight is 311 g/mol. The summed E-state index contributed by atoms with van der Waals surface area (Å²) in [5, 5.41) is 0. The molecule has 1 heterocycles. The van der Waals surface area contributed by atoms with Crippen LogP contribution in [0, 0.1) is 0 Å². The van der Waals surface area contributed by atoms with Gasteiger partial charge in [0.2, 0.25) is 10.0 Å². The van der Waals surface area contributed by atoms with Gasteiger partial charge in [-0.05, 0) is 63.6 Å². The van der Waals surface area contributed by atoms with Crippen LogP contribution >= 0.6 is 0 Å². The Hall–Kier alpha value is -0.950. The Morgan fingerprint density at radius 2 is 1.81 bits per heavy atom. The SMILES string of the molecule is CN1CCC(N(C)S(=O)(=O)c2ccc(CCN)cc2)CC1. The van der Waals surface area contributed by atoms with Crippen LogP contribution in [-0.2, 0) is 16.4 Å². The molecular formula is C15H25N3O2S. The van der Waals surface area contributed by atoms with Crippen LogP contribution < -0.4 is 5.73 Å². The molecule has 1 aromatic carbocycles. The number of piperidine rings is 1. The normalized spacial score (nSPS) is 18.3. The average Bonchev–Trinajstić information content (AvgIpc) is 2.48. The van der Waals surface area contributed by atoms with Crippen molar-refractivity contribution in [3.8, 4) is 0 Å². The van der Waals surface area contributed by atoms with E-state index < -0.39 is 10.0 Å². The Labute approximate surface area is 127 Å². The Kier molecular flexibility index (Phi) is 5.37. The number of nitrogens with two attached hydrogens (primary N) is 1. The standard InChI is InChI=1S/C15H25N3O2S/c1-17-11-8-14(9-12-17)18(2)21(19,20)15-5-3-13(4-6-15)7-10-16/h3-6,14H,7-12,16H2,1-2H3. The first kappa shape index (κ1) is 16.4. The van der Waals surface area contributed by atoms with Gasteiger partial charge in [-0.2, -0.15) is 4.31 Å². The Bertz CT molecular complexity index is 549. The van der Waals surface area contributed by atoms with Crippen LogP contribution in [0.1, 0.15) is 18.4 Å². The molecule has 0 aromatic heterocycles. The number of nitrogens with zero attached hydrogens (tertiary/aromatic N) is 2. The van der Waals surface area contributed by atoms with Crippen LogP contribution in [0.2, 0.25) is 0 Å². The number of hydrogen-bond donors (Lipinski definition) is 1. The molecule has 5 nitrogen and oxygen atoms in total. The summed E-state index contributed by atoms with van der Waals surface area (Å²) in [7, 11) is 0.360. The van der Waals surface area contributed by atoms with Gasteiger partial charge in [0.1, 0.15) is 0 Å². The molecule has 0 aliphatic carbocycles. The molecule has 0 amide bonds. The lowest BCUT2D eigenvalue weighted by Gasteiger charge is -2.34. The minimum Gasteiger partial charge on any atom is -0.330 e. The van der Waals surface area contributed by atoms with E-state index in [9.17, 15) is 8.42 Å². The van der Waals surface area contributed by atoms with Crippen molar-refractivity contribution >= 4 is 10.0 Å². The van der Waals surface area contributed by atoms with Crippen LogP contribution in [0.4, 0.5) is 0 Å². The lowest BCUT2D eigenvalue weighted by Crippen LogP contribution is -2.44. The largest absolute Gasteiger partial charge is 0.330 e. The van der Waals surface area contributed by atoms with E-state index in [1.165, 1.54) is 4.31 Å². The molecular weight excluding hydrogens is 286 g/mol. The highest BCUT2D eigenvalue weighted by molar-refractivity contribution is 7.89. The minimum atomic E-state index is -3.40. The summed E-state index contributed by atoms with van der Waals surface area (Å²) in [4.78, 5) is 2.60. The van der Waals surface area contributed by atoms with Crippen LogP contribution in [0.15, 0.2) is 29.2 Å². The van der Waals surface area contributed by atoms with Crippen molar-refractivity contribution in [3.05, 3.63) is 29.8 Å². The third kappa shape index (κ3) is 3.83. The first-order valence-electron chi connectivity index (χ1n) is 7.40. The second-order valence-corrected chi connectivity index (χ2v) is 7.74. The van der Waals surface area contributed by atoms with Gasteiger partial charge >= 0.3 is 0 Å². The van der Waals surface area contributed by atoms with Crippen molar-refractivity contribution in [3.63, 3.8) is 0 Å². The maximum absolute atomic E-state index is 12.7. The van der Waals surface area contributed by atoms with Gasteiger partial charge in [0.25, 0.3) is 0 Å². The van der Waals surface area contributed by atoms with Gasteiger partial charge in [-0.15, -0.1) is 0 Å². The molecule has 0 spiro atoms. The number of sulfonamides is 1.